The summed E-state index contributed by atoms with van der Waals surface area (Å²) >= 11 is 0. The van der Waals surface area contributed by atoms with Crippen LogP contribution in [0.3, 0.4) is 0 Å². The number of carbonyl (C=O) groups excluding carboxylic acids is 1. The summed E-state index contributed by atoms with van der Waals surface area (Å²) in [6.45, 7) is 2.12. The number of hydrogen-bond acceptors (Lipinski definition) is 3. The average Bonchev–Trinajstić information content (AvgIpc) is 3.20. The number of allylic oxidation sites excluding steroid dienone is 3. The van der Waals surface area contributed by atoms with Gasteiger partial charge in [-0.1, -0.05) is 49.8 Å². The first-order valence-electron chi connectivity index (χ1n) is 11.3. The standard InChI is InChI=1S/C26H28N4O3/c1-2-3-10-21-17-24(28-26(33)27-20-11-5-4-6-12-20)30(29-21)22-14-18-9-7-8-13-23(18)19(15-22)16-25(31)32/h5,7-9,11-15,17H,2-4,6,10,16H2,1H3,(H,31,32)(H2,27,28,33). The van der Waals surface area contributed by atoms with Crippen molar-refractivity contribution < 1.29 is 14.7 Å². The van der Waals surface area contributed by atoms with Crippen molar-refractivity contribution in [2.24, 2.45) is 0 Å². The zero-order valence-corrected chi connectivity index (χ0v) is 18.7. The minimum absolute atomic E-state index is 0.0952. The van der Waals surface area contributed by atoms with Crippen molar-refractivity contribution in [2.45, 2.75) is 45.4 Å². The Bertz CT molecular complexity index is 1240. The summed E-state index contributed by atoms with van der Waals surface area (Å²) in [4.78, 5) is 24.2. The molecule has 3 N–H and O–H groups in total. The minimum atomic E-state index is -0.895. The molecule has 0 radical (unpaired) electrons. The Balaban J connectivity index is 1.71. The van der Waals surface area contributed by atoms with E-state index in [-0.39, 0.29) is 12.5 Å². The van der Waals surface area contributed by atoms with Gasteiger partial charge in [-0.2, -0.15) is 5.10 Å². The fourth-order valence-electron chi connectivity index (χ4n) is 3.98. The van der Waals surface area contributed by atoms with Gasteiger partial charge >= 0.3 is 12.0 Å². The molecule has 2 aromatic carbocycles. The Kier molecular flexibility index (Phi) is 6.88. The number of aromatic nitrogens is 2. The molecule has 7 nitrogen and oxygen atoms in total. The Morgan fingerprint density at radius 2 is 1.97 bits per heavy atom. The van der Waals surface area contributed by atoms with Gasteiger partial charge in [-0.15, -0.1) is 0 Å². The van der Waals surface area contributed by atoms with Crippen molar-refractivity contribution in [3.8, 4) is 5.69 Å². The predicted octanol–water partition coefficient (Wildman–Crippen LogP) is 5.35. The van der Waals surface area contributed by atoms with E-state index in [0.29, 0.717) is 17.1 Å². The summed E-state index contributed by atoms with van der Waals surface area (Å²) in [5, 5.41) is 21.8. The van der Waals surface area contributed by atoms with E-state index in [0.717, 1.165) is 54.3 Å². The highest BCUT2D eigenvalue weighted by Gasteiger charge is 2.16. The van der Waals surface area contributed by atoms with E-state index >= 15 is 0 Å². The lowest BCUT2D eigenvalue weighted by atomic mass is 10.0. The van der Waals surface area contributed by atoms with Gasteiger partial charge in [-0.25, -0.2) is 9.48 Å². The molecule has 33 heavy (non-hydrogen) atoms. The van der Waals surface area contributed by atoms with Crippen LogP contribution in [0.1, 0.15) is 43.9 Å². The smallest absolute Gasteiger partial charge is 0.324 e. The van der Waals surface area contributed by atoms with Gasteiger partial charge in [0.05, 0.1) is 17.8 Å². The van der Waals surface area contributed by atoms with Crippen LogP contribution in [-0.4, -0.2) is 26.9 Å². The van der Waals surface area contributed by atoms with E-state index < -0.39 is 5.97 Å². The van der Waals surface area contributed by atoms with E-state index in [1.54, 1.807) is 4.68 Å². The van der Waals surface area contributed by atoms with Crippen LogP contribution in [0.4, 0.5) is 10.6 Å². The Labute approximate surface area is 192 Å². The number of hydrogen-bond donors (Lipinski definition) is 3. The van der Waals surface area contributed by atoms with Gasteiger partial charge in [0.2, 0.25) is 0 Å². The number of benzene rings is 2. The molecule has 0 spiro atoms. The number of unbranched alkanes of at least 4 members (excludes halogenated alkanes) is 1. The molecule has 2 amide bonds. The van der Waals surface area contributed by atoms with Crippen molar-refractivity contribution in [2.75, 3.05) is 5.32 Å². The normalized spacial score (nSPS) is 13.1. The summed E-state index contributed by atoms with van der Waals surface area (Å²) in [7, 11) is 0. The maximum Gasteiger partial charge on any atom is 0.324 e. The SMILES string of the molecule is CCCCc1cc(NC(=O)NC2=CCCC=C2)n(-c2cc(CC(=O)O)c3ccccc3c2)n1. The second kappa shape index (κ2) is 10.2. The topological polar surface area (TPSA) is 96.2 Å². The molecule has 0 saturated carbocycles. The van der Waals surface area contributed by atoms with Gasteiger partial charge in [0.1, 0.15) is 5.82 Å². The molecule has 0 saturated heterocycles. The van der Waals surface area contributed by atoms with Crippen LogP contribution >= 0.6 is 0 Å². The van der Waals surface area contributed by atoms with Crippen LogP contribution in [0, 0.1) is 0 Å². The number of carboxylic acids is 1. The van der Waals surface area contributed by atoms with Crippen molar-refractivity contribution in [3.05, 3.63) is 77.6 Å². The second-order valence-electron chi connectivity index (χ2n) is 8.15. The van der Waals surface area contributed by atoms with E-state index in [9.17, 15) is 14.7 Å². The quantitative estimate of drug-likeness (QED) is 0.436. The number of rotatable bonds is 8. The van der Waals surface area contributed by atoms with Crippen LogP contribution in [0.2, 0.25) is 0 Å². The molecule has 1 aliphatic rings. The maximum absolute atomic E-state index is 12.7. The van der Waals surface area contributed by atoms with Gasteiger partial charge < -0.3 is 10.4 Å². The molecule has 1 heterocycles. The lowest BCUT2D eigenvalue weighted by Crippen LogP contribution is -2.28. The van der Waals surface area contributed by atoms with Gasteiger partial charge in [0.15, 0.2) is 0 Å². The Hall–Kier alpha value is -3.87. The van der Waals surface area contributed by atoms with Gasteiger partial charge in [0, 0.05) is 11.8 Å². The fraction of sp³-hybridized carbons (Fsp3) is 0.269. The highest BCUT2D eigenvalue weighted by Crippen LogP contribution is 2.27. The van der Waals surface area contributed by atoms with E-state index in [4.69, 9.17) is 5.10 Å². The molecular weight excluding hydrogens is 416 g/mol. The number of amides is 2. The summed E-state index contributed by atoms with van der Waals surface area (Å²) in [5.74, 6) is -0.358. The molecule has 0 bridgehead atoms. The predicted molar refractivity (Wildman–Crippen MR) is 130 cm³/mol. The number of carbonyl (C=O) groups is 2. The average molecular weight is 445 g/mol. The van der Waals surface area contributed by atoms with Gasteiger partial charge in [-0.05, 0) is 60.2 Å². The molecule has 0 aliphatic heterocycles. The highest BCUT2D eigenvalue weighted by molar-refractivity contribution is 5.92. The molecule has 0 atom stereocenters. The van der Waals surface area contributed by atoms with E-state index in [2.05, 4.69) is 17.6 Å². The molecule has 1 aliphatic carbocycles. The van der Waals surface area contributed by atoms with Crippen LogP contribution in [0.25, 0.3) is 16.5 Å². The number of aryl methyl sites for hydroxylation is 1. The molecule has 0 unspecified atom stereocenters. The largest absolute Gasteiger partial charge is 0.481 e. The van der Waals surface area contributed by atoms with Crippen molar-refractivity contribution in [1.82, 2.24) is 15.1 Å². The lowest BCUT2D eigenvalue weighted by Gasteiger charge is -2.14. The number of nitrogens with one attached hydrogen (secondary N) is 2. The highest BCUT2D eigenvalue weighted by atomic mass is 16.4. The number of fused-ring (bicyclic) bond motifs is 1. The van der Waals surface area contributed by atoms with Crippen molar-refractivity contribution in [3.63, 3.8) is 0 Å². The van der Waals surface area contributed by atoms with E-state index in [1.165, 1.54) is 0 Å². The molecule has 4 rings (SSSR count). The van der Waals surface area contributed by atoms with Crippen LogP contribution in [0.5, 0.6) is 0 Å². The Morgan fingerprint density at radius 3 is 2.73 bits per heavy atom. The molecular formula is C26H28N4O3. The maximum atomic E-state index is 12.7. The first kappa shape index (κ1) is 22.3. The fourth-order valence-corrected chi connectivity index (χ4v) is 3.98. The summed E-state index contributed by atoms with van der Waals surface area (Å²) < 4.78 is 1.69. The number of carboxylic acid groups (broad SMARTS) is 1. The third-order valence-corrected chi connectivity index (χ3v) is 5.56. The number of nitrogens with zero attached hydrogens (tertiary/aromatic N) is 2. The molecule has 0 fully saturated rings. The third kappa shape index (κ3) is 5.49. The van der Waals surface area contributed by atoms with Crippen LogP contribution in [-0.2, 0) is 17.6 Å². The van der Waals surface area contributed by atoms with Gasteiger partial charge in [-0.3, -0.25) is 10.1 Å². The first-order chi connectivity index (χ1) is 16.0. The molecule has 7 heteroatoms. The number of anilines is 1. The monoisotopic (exact) mass is 444 g/mol. The summed E-state index contributed by atoms with van der Waals surface area (Å²) in [6.07, 6.45) is 10.5. The van der Waals surface area contributed by atoms with Crippen LogP contribution < -0.4 is 10.6 Å². The van der Waals surface area contributed by atoms with Crippen molar-refractivity contribution in [1.29, 1.82) is 0 Å². The van der Waals surface area contributed by atoms with Crippen molar-refractivity contribution >= 4 is 28.6 Å². The summed E-state index contributed by atoms with van der Waals surface area (Å²) in [6, 6.07) is 13.0. The zero-order chi connectivity index (χ0) is 23.2. The summed E-state index contributed by atoms with van der Waals surface area (Å²) in [5.41, 5.74) is 3.05. The van der Waals surface area contributed by atoms with Gasteiger partial charge in [0.25, 0.3) is 0 Å². The Morgan fingerprint density at radius 1 is 1.12 bits per heavy atom. The molecule has 1 aromatic heterocycles. The first-order valence-corrected chi connectivity index (χ1v) is 11.3. The minimum Gasteiger partial charge on any atom is -0.481 e. The number of aliphatic carboxylic acids is 1. The van der Waals surface area contributed by atoms with E-state index in [1.807, 2.05) is 60.7 Å². The number of urea groups is 1. The van der Waals surface area contributed by atoms with Crippen LogP contribution in [0.15, 0.2) is 66.4 Å². The molecule has 3 aromatic rings. The third-order valence-electron chi connectivity index (χ3n) is 5.56. The second-order valence-corrected chi connectivity index (χ2v) is 8.15. The molecule has 170 valence electrons. The lowest BCUT2D eigenvalue weighted by molar-refractivity contribution is -0.136. The zero-order valence-electron chi connectivity index (χ0n) is 18.7.